The van der Waals surface area contributed by atoms with Crippen LogP contribution in [0.4, 0.5) is 21.0 Å². The van der Waals surface area contributed by atoms with Gasteiger partial charge in [0.05, 0.1) is 5.56 Å². The van der Waals surface area contributed by atoms with Gasteiger partial charge in [0, 0.05) is 66.4 Å². The average molecular weight is 1240 g/mol. The summed E-state index contributed by atoms with van der Waals surface area (Å²) in [6.45, 7) is 18.0. The number of amides is 8. The van der Waals surface area contributed by atoms with Gasteiger partial charge in [0.2, 0.25) is 35.4 Å². The van der Waals surface area contributed by atoms with Gasteiger partial charge in [-0.05, 0) is 135 Å². The minimum Gasteiger partial charge on any atom is -0.456 e. The van der Waals surface area contributed by atoms with Gasteiger partial charge in [-0.15, -0.1) is 0 Å². The maximum absolute atomic E-state index is 14.5. The molecule has 89 heavy (non-hydrogen) atoms. The van der Waals surface area contributed by atoms with Crippen molar-refractivity contribution in [1.82, 2.24) is 31.1 Å². The molecule has 8 amide bonds. The molecule has 4 aliphatic heterocycles. The molecule has 2 saturated heterocycles. The van der Waals surface area contributed by atoms with Crippen LogP contribution in [0, 0.1) is 11.8 Å². The van der Waals surface area contributed by atoms with Crippen molar-refractivity contribution in [3.63, 3.8) is 0 Å². The number of fused-ring (bicyclic) bond motifs is 6. The molecule has 482 valence electrons. The van der Waals surface area contributed by atoms with E-state index in [0.29, 0.717) is 47.9 Å². The zero-order chi connectivity index (χ0) is 65.3. The first-order chi connectivity index (χ1) is 41.9. The average Bonchev–Trinajstić information content (AvgIpc) is 1.65. The molecule has 2 fully saturated rings. The molecule has 0 radical (unpaired) electrons. The van der Waals surface area contributed by atoms with Crippen LogP contribution in [-0.2, 0) is 48.6 Å². The van der Waals surface area contributed by atoms with E-state index in [1.54, 1.807) is 118 Å². The lowest BCUT2D eigenvalue weighted by Gasteiger charge is -2.37. The Morgan fingerprint density at radius 2 is 1.02 bits per heavy atom. The van der Waals surface area contributed by atoms with Crippen molar-refractivity contribution in [3.8, 4) is 11.5 Å². The van der Waals surface area contributed by atoms with Crippen LogP contribution in [0.1, 0.15) is 148 Å². The molecule has 14 N–H and O–H groups in total. The second kappa shape index (κ2) is 28.3. The summed E-state index contributed by atoms with van der Waals surface area (Å²) in [7, 11) is 0. The monoisotopic (exact) mass is 1230 g/mol. The van der Waals surface area contributed by atoms with Crippen LogP contribution in [0.2, 0.25) is 0 Å². The third-order valence-corrected chi connectivity index (χ3v) is 15.3. The van der Waals surface area contributed by atoms with Crippen molar-refractivity contribution in [1.29, 1.82) is 0 Å². The van der Waals surface area contributed by atoms with Crippen molar-refractivity contribution >= 4 is 76.9 Å². The number of anilines is 2. The lowest BCUT2D eigenvalue weighted by molar-refractivity contribution is -0.141. The first-order valence-corrected chi connectivity index (χ1v) is 30.1. The lowest BCUT2D eigenvalue weighted by Crippen LogP contribution is -2.57. The zero-order valence-electron chi connectivity index (χ0n) is 52.3. The number of carbonyl (C=O) groups is 9. The smallest absolute Gasteiger partial charge is 0.408 e. The van der Waals surface area contributed by atoms with Gasteiger partial charge in [0.25, 0.3) is 0 Å². The topological polar surface area (TPSA) is 398 Å². The molecule has 3 aromatic carbocycles. The number of rotatable bonds is 22. The SMILES string of the molecule is CC(C)[C@H](NC(=O)OC(C)(C)C)C(=O)N1CCC[C@H]1C(=O)N[C@@H](CCCN=C(N)N)C(=O)Nc1ccc2c(c1)Oc1cc(NC(=O)[C@H](CCCN=C(N)N)NC(=O)[C@@H]3CCCN3C(=O)[C@@H](NC(=O)OC(C)(C)C)C(C)C)ccc1C21OC(=O)c2ccccc21. The Bertz CT molecular complexity index is 3060. The summed E-state index contributed by atoms with van der Waals surface area (Å²) in [5, 5.41) is 16.8. The Morgan fingerprint density at radius 3 is 1.42 bits per heavy atom. The van der Waals surface area contributed by atoms with Gasteiger partial charge in [-0.2, -0.15) is 0 Å². The summed E-state index contributed by atoms with van der Waals surface area (Å²) in [5.74, 6) is -4.78. The molecule has 0 aromatic heterocycles. The molecule has 0 bridgehead atoms. The molecule has 0 unspecified atom stereocenters. The first kappa shape index (κ1) is 67.3. The van der Waals surface area contributed by atoms with E-state index in [9.17, 15) is 43.2 Å². The van der Waals surface area contributed by atoms with E-state index < -0.39 is 107 Å². The van der Waals surface area contributed by atoms with Crippen LogP contribution >= 0.6 is 0 Å². The highest BCUT2D eigenvalue weighted by Gasteiger charge is 2.54. The molecule has 3 aromatic rings. The predicted octanol–water partition coefficient (Wildman–Crippen LogP) is 4.29. The van der Waals surface area contributed by atoms with E-state index in [-0.39, 0.29) is 98.5 Å². The second-order valence-corrected chi connectivity index (χ2v) is 25.3. The molecular weight excluding hydrogens is 1150 g/mol. The van der Waals surface area contributed by atoms with E-state index in [0.717, 1.165) is 0 Å². The minimum atomic E-state index is -1.59. The fourth-order valence-electron chi connectivity index (χ4n) is 11.2. The van der Waals surface area contributed by atoms with Gasteiger partial charge in [-0.1, -0.05) is 45.9 Å². The third kappa shape index (κ3) is 16.7. The lowest BCUT2D eigenvalue weighted by atomic mass is 9.77. The van der Waals surface area contributed by atoms with Gasteiger partial charge in [-0.3, -0.25) is 38.8 Å². The molecule has 4 aliphatic rings. The van der Waals surface area contributed by atoms with Gasteiger partial charge in [0.1, 0.15) is 59.0 Å². The van der Waals surface area contributed by atoms with Crippen LogP contribution < -0.4 is 59.6 Å². The van der Waals surface area contributed by atoms with Crippen molar-refractivity contribution in [2.75, 3.05) is 36.8 Å². The molecule has 0 saturated carbocycles. The Balaban J connectivity index is 1.14. The maximum atomic E-state index is 14.5. The normalized spacial score (nSPS) is 17.7. The second-order valence-electron chi connectivity index (χ2n) is 25.3. The molecule has 27 heteroatoms. The van der Waals surface area contributed by atoms with Crippen LogP contribution in [0.5, 0.6) is 11.5 Å². The number of nitrogens with one attached hydrogen (secondary N) is 6. The summed E-state index contributed by atoms with van der Waals surface area (Å²) in [5.41, 5.74) is 21.2. The molecule has 4 heterocycles. The number of nitrogens with two attached hydrogens (primary N) is 4. The van der Waals surface area contributed by atoms with Crippen LogP contribution in [0.3, 0.4) is 0 Å². The summed E-state index contributed by atoms with van der Waals surface area (Å²) >= 11 is 0. The van der Waals surface area contributed by atoms with E-state index in [1.165, 1.54) is 21.9 Å². The number of benzene rings is 3. The largest absolute Gasteiger partial charge is 0.456 e. The van der Waals surface area contributed by atoms with Gasteiger partial charge >= 0.3 is 18.2 Å². The molecule has 0 aliphatic carbocycles. The first-order valence-electron chi connectivity index (χ1n) is 30.1. The highest BCUT2D eigenvalue weighted by molar-refractivity contribution is 6.02. The molecule has 6 atom stereocenters. The number of alkyl carbamates (subject to hydrolysis) is 2. The van der Waals surface area contributed by atoms with Crippen molar-refractivity contribution in [2.24, 2.45) is 44.8 Å². The predicted molar refractivity (Wildman–Crippen MR) is 331 cm³/mol. The molecule has 1 spiro atoms. The summed E-state index contributed by atoms with van der Waals surface area (Å²) in [6.07, 6.45) is 0.645. The Morgan fingerprint density at radius 1 is 0.607 bits per heavy atom. The van der Waals surface area contributed by atoms with Crippen molar-refractivity contribution in [3.05, 3.63) is 82.9 Å². The molecule has 7 rings (SSSR count). The number of ether oxygens (including phenoxy) is 4. The standard InChI is InChI=1S/C62H86N14O13/c1-33(2)47(73-58(84)88-60(5,6)7)53(81)75-29-15-21-43(75)51(79)71-41(19-13-27-67-56(63)64)49(77)69-35-23-25-39-45(31-35)86-46-32-36(24-26-40(46)62(39)38-18-12-11-17-37(38)55(83)87-62)70-50(78)42(20-14-28-68-57(65)66)72-52(80)44-22-16-30-76(44)54(82)48(34(3)4)74-59(85)89-61(8,9)10/h11-12,17-18,23-26,31-34,41-44,47-48H,13-16,19-22,27-30H2,1-10H3,(H,69,77)(H,70,78)(H,71,79)(H,72,80)(H,73,84)(H,74,85)(H4,63,64,67)(H4,65,66,68)/t41-,42-,43-,44-,47-,48-/m0/s1. The Hall–Kier alpha value is -9.17. The van der Waals surface area contributed by atoms with Gasteiger partial charge in [-0.25, -0.2) is 14.4 Å². The highest BCUT2D eigenvalue weighted by atomic mass is 16.6. The molecular formula is C62H86N14O13. The number of nitrogens with zero attached hydrogens (tertiary/aromatic N) is 4. The van der Waals surface area contributed by atoms with Crippen LogP contribution in [-0.4, -0.2) is 149 Å². The number of carbonyl (C=O) groups excluding carboxylic acids is 9. The van der Waals surface area contributed by atoms with Crippen molar-refractivity contribution < 1.29 is 62.1 Å². The number of aliphatic imine (C=N–C) groups is 2. The number of likely N-dealkylation sites (tertiary alicyclic amines) is 2. The number of hydrogen-bond acceptors (Lipinski definition) is 15. The highest BCUT2D eigenvalue weighted by Crippen LogP contribution is 2.57. The fraction of sp³-hybridized carbons (Fsp3) is 0.532. The summed E-state index contributed by atoms with van der Waals surface area (Å²) < 4.78 is 23.9. The van der Waals surface area contributed by atoms with E-state index in [2.05, 4.69) is 41.9 Å². The van der Waals surface area contributed by atoms with Gasteiger partial charge < -0.3 is 83.6 Å². The third-order valence-electron chi connectivity index (χ3n) is 15.3. The number of esters is 1. The van der Waals surface area contributed by atoms with Crippen LogP contribution in [0.15, 0.2) is 70.6 Å². The number of hydrogen-bond donors (Lipinski definition) is 10. The Kier molecular flexibility index (Phi) is 21.4. The number of guanidine groups is 2. The van der Waals surface area contributed by atoms with Crippen LogP contribution in [0.25, 0.3) is 0 Å². The van der Waals surface area contributed by atoms with Gasteiger partial charge in [0.15, 0.2) is 17.5 Å². The fourth-order valence-corrected chi connectivity index (χ4v) is 11.2. The summed E-state index contributed by atoms with van der Waals surface area (Å²) in [4.78, 5) is 136. The van der Waals surface area contributed by atoms with E-state index >= 15 is 0 Å². The quantitative estimate of drug-likeness (QED) is 0.0220. The van der Waals surface area contributed by atoms with E-state index in [4.69, 9.17) is 41.9 Å². The molecule has 27 nitrogen and oxygen atoms in total. The minimum absolute atomic E-state index is 0.0658. The Labute approximate surface area is 517 Å². The summed E-state index contributed by atoms with van der Waals surface area (Å²) in [6, 6.07) is 10.1. The van der Waals surface area contributed by atoms with Crippen molar-refractivity contribution in [2.45, 2.75) is 174 Å². The zero-order valence-corrected chi connectivity index (χ0v) is 52.3. The van der Waals surface area contributed by atoms with E-state index in [1.807, 2.05) is 0 Å². The maximum Gasteiger partial charge on any atom is 0.408 e.